The zero-order chi connectivity index (χ0) is 15.0. The molecule has 21 heavy (non-hydrogen) atoms. The van der Waals surface area contributed by atoms with Gasteiger partial charge in [0.25, 0.3) is 5.56 Å². The number of aromatic nitrogens is 4. The smallest absolute Gasteiger partial charge is 0.321 e. The normalized spacial score (nSPS) is 20.5. The highest BCUT2D eigenvalue weighted by Crippen LogP contribution is 2.11. The zero-order valence-corrected chi connectivity index (χ0v) is 11.5. The van der Waals surface area contributed by atoms with E-state index in [4.69, 9.17) is 0 Å². The molecule has 2 aromatic rings. The summed E-state index contributed by atoms with van der Waals surface area (Å²) in [6.07, 6.45) is 1.69. The van der Waals surface area contributed by atoms with E-state index in [9.17, 15) is 18.0 Å². The number of rotatable bonds is 2. The lowest BCUT2D eigenvalue weighted by molar-refractivity contribution is 0.249. The molecule has 1 saturated heterocycles. The number of aromatic amines is 2. The Morgan fingerprint density at radius 3 is 2.95 bits per heavy atom. The summed E-state index contributed by atoms with van der Waals surface area (Å²) < 4.78 is 22.6. The summed E-state index contributed by atoms with van der Waals surface area (Å²) in [6.45, 7) is 0. The highest BCUT2D eigenvalue weighted by molar-refractivity contribution is 7.91. The predicted molar refractivity (Wildman–Crippen MR) is 73.7 cm³/mol. The minimum Gasteiger partial charge on any atom is -0.339 e. The Morgan fingerprint density at radius 2 is 2.24 bits per heavy atom. The molecule has 1 atom stereocenters. The maximum Gasteiger partial charge on any atom is 0.321 e. The number of fused-ring (bicyclic) bond motifs is 1. The Balaban J connectivity index is 1.70. The Bertz CT molecular complexity index is 854. The number of imidazole rings is 1. The van der Waals surface area contributed by atoms with Crippen molar-refractivity contribution in [1.82, 2.24) is 25.3 Å². The summed E-state index contributed by atoms with van der Waals surface area (Å²) in [5.74, 6) is -0.0763. The van der Waals surface area contributed by atoms with Crippen molar-refractivity contribution in [3.63, 3.8) is 0 Å². The maximum absolute atomic E-state index is 11.8. The van der Waals surface area contributed by atoms with Crippen LogP contribution in [0.2, 0.25) is 0 Å². The molecule has 0 bridgehead atoms. The van der Waals surface area contributed by atoms with Crippen LogP contribution in [0.15, 0.2) is 11.1 Å². The van der Waals surface area contributed by atoms with E-state index in [0.717, 1.165) is 0 Å². The topological polar surface area (TPSA) is 150 Å². The fraction of sp³-hybridized carbons (Fsp3) is 0.400. The molecule has 3 rings (SSSR count). The number of hydrogen-bond acceptors (Lipinski definition) is 6. The minimum atomic E-state index is -3.07. The summed E-state index contributed by atoms with van der Waals surface area (Å²) in [4.78, 5) is 36.2. The van der Waals surface area contributed by atoms with Crippen LogP contribution in [0.1, 0.15) is 6.42 Å². The predicted octanol–water partition coefficient (Wildman–Crippen LogP) is -1.05. The van der Waals surface area contributed by atoms with Crippen LogP contribution >= 0.6 is 0 Å². The van der Waals surface area contributed by atoms with E-state index in [1.165, 1.54) is 6.33 Å². The third kappa shape index (κ3) is 2.86. The van der Waals surface area contributed by atoms with Crippen LogP contribution in [0.4, 0.5) is 10.7 Å². The van der Waals surface area contributed by atoms with Gasteiger partial charge in [0.1, 0.15) is 0 Å². The van der Waals surface area contributed by atoms with Crippen molar-refractivity contribution < 1.29 is 13.2 Å². The van der Waals surface area contributed by atoms with Gasteiger partial charge in [0.15, 0.2) is 21.0 Å². The molecule has 3 heterocycles. The van der Waals surface area contributed by atoms with Crippen LogP contribution in [-0.4, -0.2) is 51.9 Å². The summed E-state index contributed by atoms with van der Waals surface area (Å²) in [5.41, 5.74) is -0.0726. The number of nitrogens with one attached hydrogen (secondary N) is 4. The fourth-order valence-corrected chi connectivity index (χ4v) is 3.81. The Labute approximate surface area is 118 Å². The van der Waals surface area contributed by atoms with Gasteiger partial charge in [0.05, 0.1) is 17.8 Å². The second-order valence-electron chi connectivity index (χ2n) is 4.71. The van der Waals surface area contributed by atoms with E-state index in [1.807, 2.05) is 0 Å². The van der Waals surface area contributed by atoms with E-state index in [1.54, 1.807) is 0 Å². The lowest BCUT2D eigenvalue weighted by Gasteiger charge is -2.11. The maximum atomic E-state index is 11.8. The van der Waals surface area contributed by atoms with E-state index in [2.05, 4.69) is 30.6 Å². The Hall–Kier alpha value is -2.43. The Morgan fingerprint density at radius 1 is 1.43 bits per heavy atom. The first kappa shape index (κ1) is 13.5. The van der Waals surface area contributed by atoms with E-state index >= 15 is 0 Å². The monoisotopic (exact) mass is 312 g/mol. The largest absolute Gasteiger partial charge is 0.339 e. The number of urea groups is 1. The third-order valence-corrected chi connectivity index (χ3v) is 4.86. The average molecular weight is 312 g/mol. The van der Waals surface area contributed by atoms with Crippen LogP contribution in [0.25, 0.3) is 11.2 Å². The SMILES string of the molecule is O=C(Nc1nc2nc[nH]c2c(=O)[nH]1)N[C@@H]1CCS(=O)(=O)C1. The van der Waals surface area contributed by atoms with Crippen molar-refractivity contribution in [2.75, 3.05) is 16.8 Å². The molecule has 0 spiro atoms. The molecule has 0 saturated carbocycles. The number of H-pyrrole nitrogens is 2. The lowest BCUT2D eigenvalue weighted by atomic mass is 10.3. The summed E-state index contributed by atoms with van der Waals surface area (Å²) in [5, 5.41) is 4.88. The van der Waals surface area contributed by atoms with Crippen LogP contribution < -0.4 is 16.2 Å². The molecule has 0 aromatic carbocycles. The van der Waals surface area contributed by atoms with Gasteiger partial charge in [-0.05, 0) is 6.42 Å². The first-order valence-electron chi connectivity index (χ1n) is 6.14. The first-order chi connectivity index (χ1) is 9.93. The van der Waals surface area contributed by atoms with Crippen LogP contribution in [0, 0.1) is 0 Å². The van der Waals surface area contributed by atoms with Gasteiger partial charge in [0.2, 0.25) is 5.95 Å². The second kappa shape index (κ2) is 4.84. The number of sulfone groups is 1. The van der Waals surface area contributed by atoms with Crippen molar-refractivity contribution >= 4 is 33.0 Å². The van der Waals surface area contributed by atoms with Crippen LogP contribution in [-0.2, 0) is 9.84 Å². The van der Waals surface area contributed by atoms with Gasteiger partial charge in [-0.3, -0.25) is 15.1 Å². The molecule has 2 aromatic heterocycles. The van der Waals surface area contributed by atoms with E-state index in [0.29, 0.717) is 6.42 Å². The van der Waals surface area contributed by atoms with Crippen molar-refractivity contribution in [3.05, 3.63) is 16.7 Å². The molecule has 1 aliphatic rings. The van der Waals surface area contributed by atoms with Crippen molar-refractivity contribution in [2.24, 2.45) is 0 Å². The summed E-state index contributed by atoms with van der Waals surface area (Å²) in [7, 11) is -3.07. The lowest BCUT2D eigenvalue weighted by Crippen LogP contribution is -2.39. The Kier molecular flexibility index (Phi) is 3.12. The molecule has 1 fully saturated rings. The van der Waals surface area contributed by atoms with Gasteiger partial charge in [0, 0.05) is 6.04 Å². The number of nitrogens with zero attached hydrogens (tertiary/aromatic N) is 2. The van der Waals surface area contributed by atoms with Gasteiger partial charge >= 0.3 is 6.03 Å². The standard InChI is InChI=1S/C10H12N6O4S/c17-8-6-7(12-4-11-6)14-9(15-8)16-10(18)13-5-1-2-21(19,20)3-5/h4-5H,1-3H2,(H4,11,12,13,14,15,16,17,18)/t5-/m1/s1. The van der Waals surface area contributed by atoms with Crippen molar-refractivity contribution in [2.45, 2.75) is 12.5 Å². The summed E-state index contributed by atoms with van der Waals surface area (Å²) in [6, 6.07) is -1.06. The van der Waals surface area contributed by atoms with Crippen LogP contribution in [0.5, 0.6) is 0 Å². The number of carbonyl (C=O) groups excluding carboxylic acids is 1. The fourth-order valence-electron chi connectivity index (χ4n) is 2.14. The molecule has 1 aliphatic heterocycles. The number of carbonyl (C=O) groups is 1. The van der Waals surface area contributed by atoms with Gasteiger partial charge in [-0.25, -0.2) is 18.2 Å². The van der Waals surface area contributed by atoms with E-state index < -0.39 is 27.5 Å². The number of hydrogen-bond donors (Lipinski definition) is 4. The highest BCUT2D eigenvalue weighted by atomic mass is 32.2. The first-order valence-corrected chi connectivity index (χ1v) is 7.96. The van der Waals surface area contributed by atoms with Gasteiger partial charge in [-0.15, -0.1) is 0 Å². The quantitative estimate of drug-likeness (QED) is 0.556. The molecule has 10 nitrogen and oxygen atoms in total. The molecular formula is C10H12N6O4S. The molecule has 4 N–H and O–H groups in total. The molecule has 0 unspecified atom stereocenters. The molecule has 2 amide bonds. The van der Waals surface area contributed by atoms with Crippen molar-refractivity contribution in [3.8, 4) is 0 Å². The highest BCUT2D eigenvalue weighted by Gasteiger charge is 2.29. The molecule has 112 valence electrons. The molecular weight excluding hydrogens is 300 g/mol. The van der Waals surface area contributed by atoms with Crippen molar-refractivity contribution in [1.29, 1.82) is 0 Å². The zero-order valence-electron chi connectivity index (χ0n) is 10.7. The molecule has 0 radical (unpaired) electrons. The number of anilines is 1. The third-order valence-electron chi connectivity index (χ3n) is 3.10. The van der Waals surface area contributed by atoms with E-state index in [-0.39, 0.29) is 28.6 Å². The van der Waals surface area contributed by atoms with Crippen LogP contribution in [0.3, 0.4) is 0 Å². The second-order valence-corrected chi connectivity index (χ2v) is 6.94. The molecule has 0 aliphatic carbocycles. The average Bonchev–Trinajstić information content (AvgIpc) is 2.96. The van der Waals surface area contributed by atoms with Gasteiger partial charge in [-0.2, -0.15) is 4.98 Å². The minimum absolute atomic E-state index is 0.0574. The van der Waals surface area contributed by atoms with Gasteiger partial charge < -0.3 is 10.3 Å². The van der Waals surface area contributed by atoms with Gasteiger partial charge in [-0.1, -0.05) is 0 Å². The number of amides is 2. The summed E-state index contributed by atoms with van der Waals surface area (Å²) >= 11 is 0. The molecule has 11 heteroatoms.